The number of methoxy groups -OCH3 is 1. The van der Waals surface area contributed by atoms with Gasteiger partial charge in [0.25, 0.3) is 5.56 Å². The van der Waals surface area contributed by atoms with E-state index in [9.17, 15) is 9.59 Å². The first-order valence-corrected chi connectivity index (χ1v) is 16.9. The standard InChI is InChI=1S/C35H28BrIN2O5S/c1-4-43-34(41)30-20(2)38-35-39(31(30)26-11-7-9-23-8-5-6-10-25(23)26)33(40)29(45-35)18-22-16-27(37)32(28(17-22)42-3)44-19-21-12-14-24(36)15-13-21/h5-18,31H,4,19H2,1-3H3/b29-18+/t31-/m0/s1. The van der Waals surface area contributed by atoms with Crippen molar-refractivity contribution in [1.82, 2.24) is 4.57 Å². The summed E-state index contributed by atoms with van der Waals surface area (Å²) < 4.78 is 21.3. The maximum Gasteiger partial charge on any atom is 0.338 e. The Morgan fingerprint density at radius 3 is 2.60 bits per heavy atom. The van der Waals surface area contributed by atoms with Crippen molar-refractivity contribution in [1.29, 1.82) is 0 Å². The highest BCUT2D eigenvalue weighted by molar-refractivity contribution is 14.1. The Morgan fingerprint density at radius 1 is 1.09 bits per heavy atom. The van der Waals surface area contributed by atoms with Crippen LogP contribution in [0.4, 0.5) is 0 Å². The molecule has 45 heavy (non-hydrogen) atoms. The zero-order valence-corrected chi connectivity index (χ0v) is 29.2. The molecule has 0 saturated carbocycles. The second-order valence-electron chi connectivity index (χ2n) is 10.3. The Balaban J connectivity index is 1.45. The van der Waals surface area contributed by atoms with Crippen LogP contribution in [0.1, 0.15) is 36.6 Å². The first-order valence-electron chi connectivity index (χ1n) is 14.2. The van der Waals surface area contributed by atoms with Crippen molar-refractivity contribution >= 4 is 72.7 Å². The number of allylic oxidation sites excluding steroid dienone is 1. The number of benzene rings is 4. The lowest BCUT2D eigenvalue weighted by Gasteiger charge is -2.25. The number of esters is 1. The summed E-state index contributed by atoms with van der Waals surface area (Å²) in [5, 5.41) is 1.97. The molecule has 0 saturated heterocycles. The van der Waals surface area contributed by atoms with Gasteiger partial charge in [0.1, 0.15) is 6.61 Å². The topological polar surface area (TPSA) is 79.1 Å². The van der Waals surface area contributed by atoms with E-state index in [1.165, 1.54) is 11.3 Å². The molecule has 1 aliphatic heterocycles. The van der Waals surface area contributed by atoms with Crippen LogP contribution in [0.25, 0.3) is 16.8 Å². The van der Waals surface area contributed by atoms with E-state index in [2.05, 4.69) is 38.5 Å². The normalized spacial score (nSPS) is 14.7. The van der Waals surface area contributed by atoms with Gasteiger partial charge in [-0.05, 0) is 94.2 Å². The molecule has 0 radical (unpaired) electrons. The fourth-order valence-corrected chi connectivity index (χ4v) is 7.52. The quantitative estimate of drug-likeness (QED) is 0.126. The van der Waals surface area contributed by atoms with Crippen LogP contribution < -0.4 is 24.4 Å². The third-order valence-corrected chi connectivity index (χ3v) is 9.79. The molecule has 2 heterocycles. The van der Waals surface area contributed by atoms with Crippen LogP contribution in [0.3, 0.4) is 0 Å². The summed E-state index contributed by atoms with van der Waals surface area (Å²) in [6.07, 6.45) is 1.83. The zero-order valence-electron chi connectivity index (χ0n) is 24.7. The molecule has 1 aliphatic rings. The summed E-state index contributed by atoms with van der Waals surface area (Å²) in [5.74, 6) is 0.710. The van der Waals surface area contributed by atoms with E-state index in [1.807, 2.05) is 84.9 Å². The predicted molar refractivity (Wildman–Crippen MR) is 189 cm³/mol. The number of carbonyl (C=O) groups is 1. The fraction of sp³-hybridized carbons (Fsp3) is 0.171. The Bertz CT molecular complexity index is 2150. The van der Waals surface area contributed by atoms with E-state index in [1.54, 1.807) is 25.5 Å². The summed E-state index contributed by atoms with van der Waals surface area (Å²) >= 11 is 6.97. The summed E-state index contributed by atoms with van der Waals surface area (Å²) in [4.78, 5) is 32.8. The second kappa shape index (κ2) is 13.3. The van der Waals surface area contributed by atoms with Gasteiger partial charge in [0.05, 0.1) is 39.1 Å². The number of aromatic nitrogens is 1. The SMILES string of the molecule is CCOC(=O)C1=C(C)N=c2s/c(=C/c3cc(I)c(OCc4ccc(Br)cc4)c(OC)c3)c(=O)n2[C@H]1c1cccc2ccccc12. The minimum absolute atomic E-state index is 0.214. The highest BCUT2D eigenvalue weighted by Crippen LogP contribution is 2.36. The average Bonchev–Trinajstić information content (AvgIpc) is 3.33. The predicted octanol–water partition coefficient (Wildman–Crippen LogP) is 6.91. The third kappa shape index (κ3) is 6.23. The van der Waals surface area contributed by atoms with E-state index >= 15 is 0 Å². The molecule has 4 aromatic carbocycles. The molecule has 0 fully saturated rings. The van der Waals surface area contributed by atoms with Gasteiger partial charge in [-0.15, -0.1) is 0 Å². The number of nitrogens with zero attached hydrogens (tertiary/aromatic N) is 2. The highest BCUT2D eigenvalue weighted by Gasteiger charge is 2.34. The molecule has 0 amide bonds. The summed E-state index contributed by atoms with van der Waals surface area (Å²) in [6, 6.07) is 24.9. The molecule has 0 unspecified atom stereocenters. The molecule has 0 spiro atoms. The van der Waals surface area contributed by atoms with Crippen LogP contribution in [0.15, 0.2) is 104 Å². The number of fused-ring (bicyclic) bond motifs is 2. The molecule has 0 aliphatic carbocycles. The van der Waals surface area contributed by atoms with Crippen molar-refractivity contribution in [2.75, 3.05) is 13.7 Å². The van der Waals surface area contributed by atoms with Crippen molar-refractivity contribution in [3.05, 3.63) is 135 Å². The average molecular weight is 795 g/mol. The summed E-state index contributed by atoms with van der Waals surface area (Å²) in [7, 11) is 1.60. The van der Waals surface area contributed by atoms with Gasteiger partial charge in [-0.2, -0.15) is 0 Å². The lowest BCUT2D eigenvalue weighted by Crippen LogP contribution is -2.40. The number of rotatable bonds is 8. The molecule has 10 heteroatoms. The third-order valence-electron chi connectivity index (χ3n) is 7.48. The molecule has 1 atom stereocenters. The highest BCUT2D eigenvalue weighted by atomic mass is 127. The van der Waals surface area contributed by atoms with Crippen molar-refractivity contribution in [2.24, 2.45) is 4.99 Å². The van der Waals surface area contributed by atoms with Gasteiger partial charge in [-0.1, -0.05) is 81.9 Å². The van der Waals surface area contributed by atoms with Gasteiger partial charge in [-0.3, -0.25) is 9.36 Å². The number of ether oxygens (including phenoxy) is 3. The number of carbonyl (C=O) groups excluding carboxylic acids is 1. The smallest absolute Gasteiger partial charge is 0.338 e. The van der Waals surface area contributed by atoms with Gasteiger partial charge >= 0.3 is 5.97 Å². The van der Waals surface area contributed by atoms with Crippen LogP contribution >= 0.6 is 49.9 Å². The number of thiazole rings is 1. The minimum atomic E-state index is -0.697. The van der Waals surface area contributed by atoms with E-state index in [0.29, 0.717) is 38.7 Å². The van der Waals surface area contributed by atoms with Gasteiger partial charge in [0.15, 0.2) is 16.3 Å². The van der Waals surface area contributed by atoms with E-state index < -0.39 is 12.0 Å². The van der Waals surface area contributed by atoms with Gasteiger partial charge in [0, 0.05) is 4.47 Å². The number of halogens is 2. The Morgan fingerprint density at radius 2 is 1.84 bits per heavy atom. The summed E-state index contributed by atoms with van der Waals surface area (Å²) in [6.45, 7) is 4.16. The molecule has 1 aromatic heterocycles. The Labute approximate surface area is 285 Å². The van der Waals surface area contributed by atoms with Crippen LogP contribution in [-0.4, -0.2) is 24.3 Å². The van der Waals surface area contributed by atoms with E-state index in [0.717, 1.165) is 35.5 Å². The molecule has 5 aromatic rings. The first-order chi connectivity index (χ1) is 21.8. The largest absolute Gasteiger partial charge is 0.493 e. The number of hydrogen-bond donors (Lipinski definition) is 0. The maximum absolute atomic E-state index is 14.2. The van der Waals surface area contributed by atoms with Crippen LogP contribution in [0.5, 0.6) is 11.5 Å². The minimum Gasteiger partial charge on any atom is -0.493 e. The fourth-order valence-electron chi connectivity index (χ4n) is 5.43. The molecular formula is C35H28BrIN2O5S. The maximum atomic E-state index is 14.2. The number of hydrogen-bond acceptors (Lipinski definition) is 7. The zero-order chi connectivity index (χ0) is 31.7. The molecule has 228 valence electrons. The van der Waals surface area contributed by atoms with Crippen LogP contribution in [0.2, 0.25) is 0 Å². The van der Waals surface area contributed by atoms with Gasteiger partial charge in [0.2, 0.25) is 0 Å². The lowest BCUT2D eigenvalue weighted by atomic mass is 9.91. The molecule has 0 bridgehead atoms. The van der Waals surface area contributed by atoms with E-state index in [-0.39, 0.29) is 12.2 Å². The Hall–Kier alpha value is -3.74. The lowest BCUT2D eigenvalue weighted by molar-refractivity contribution is -0.139. The van der Waals surface area contributed by atoms with Crippen molar-refractivity contribution in [3.63, 3.8) is 0 Å². The second-order valence-corrected chi connectivity index (χ2v) is 13.4. The van der Waals surface area contributed by atoms with Crippen molar-refractivity contribution in [2.45, 2.75) is 26.5 Å². The van der Waals surface area contributed by atoms with E-state index in [4.69, 9.17) is 19.2 Å². The monoisotopic (exact) mass is 794 g/mol. The van der Waals surface area contributed by atoms with Crippen molar-refractivity contribution in [3.8, 4) is 11.5 Å². The Kier molecular flexibility index (Phi) is 9.25. The first kappa shape index (κ1) is 31.3. The van der Waals surface area contributed by atoms with Crippen LogP contribution in [0, 0.1) is 3.57 Å². The van der Waals surface area contributed by atoms with Gasteiger partial charge in [-0.25, -0.2) is 9.79 Å². The van der Waals surface area contributed by atoms with Gasteiger partial charge < -0.3 is 14.2 Å². The van der Waals surface area contributed by atoms with Crippen LogP contribution in [-0.2, 0) is 16.1 Å². The molecule has 0 N–H and O–H groups in total. The van der Waals surface area contributed by atoms with Crippen molar-refractivity contribution < 1.29 is 19.0 Å². The molecular weight excluding hydrogens is 767 g/mol. The molecule has 6 rings (SSSR count). The summed E-state index contributed by atoms with van der Waals surface area (Å²) in [5.41, 5.74) is 3.29. The molecule has 7 nitrogen and oxygen atoms in total.